The molecule has 0 saturated carbocycles. The molecule has 0 aliphatic carbocycles. The largest absolute Gasteiger partial charge is 0.347 e. The topological polar surface area (TPSA) is 63.3 Å². The zero-order valence-corrected chi connectivity index (χ0v) is 12.0. The van der Waals surface area contributed by atoms with Gasteiger partial charge in [0.15, 0.2) is 0 Å². The van der Waals surface area contributed by atoms with Crippen molar-refractivity contribution in [3.8, 4) is 0 Å². The first kappa shape index (κ1) is 14.0. The first-order chi connectivity index (χ1) is 10.2. The highest BCUT2D eigenvalue weighted by Gasteiger charge is 2.11. The summed E-state index contributed by atoms with van der Waals surface area (Å²) in [7, 11) is 0. The quantitative estimate of drug-likeness (QED) is 0.673. The number of aromatic nitrogens is 1. The lowest BCUT2D eigenvalue weighted by atomic mass is 10.2. The Kier molecular flexibility index (Phi) is 4.17. The molecule has 0 atom stereocenters. The van der Waals surface area contributed by atoms with E-state index in [1.165, 1.54) is 0 Å². The summed E-state index contributed by atoms with van der Waals surface area (Å²) in [4.78, 5) is 13.0. The second-order valence-electron chi connectivity index (χ2n) is 5.45. The standard InChI is InChI=1S/C15H20N4O2/c20-19(21)14-3-2-13-4-9-18(15(13)12-14)8-1-7-17-10-5-16-6-11-17/h2-4,9,12,16H,1,5-8,10-11H2. The summed E-state index contributed by atoms with van der Waals surface area (Å²) in [5.74, 6) is 0. The first-order valence-corrected chi connectivity index (χ1v) is 7.40. The van der Waals surface area contributed by atoms with Crippen molar-refractivity contribution in [2.45, 2.75) is 13.0 Å². The molecular formula is C15H20N4O2. The third-order valence-corrected chi connectivity index (χ3v) is 4.05. The highest BCUT2D eigenvalue weighted by Crippen LogP contribution is 2.22. The minimum atomic E-state index is -0.336. The average molecular weight is 288 g/mol. The maximum atomic E-state index is 10.9. The summed E-state index contributed by atoms with van der Waals surface area (Å²) in [6, 6.07) is 7.07. The molecule has 1 fully saturated rings. The molecule has 1 saturated heterocycles. The Hall–Kier alpha value is -1.92. The lowest BCUT2D eigenvalue weighted by Gasteiger charge is -2.27. The molecule has 1 aromatic carbocycles. The molecule has 1 N–H and O–H groups in total. The van der Waals surface area contributed by atoms with Gasteiger partial charge in [0.25, 0.3) is 5.69 Å². The summed E-state index contributed by atoms with van der Waals surface area (Å²) in [6.07, 6.45) is 3.08. The summed E-state index contributed by atoms with van der Waals surface area (Å²) < 4.78 is 2.12. The van der Waals surface area contributed by atoms with Crippen LogP contribution in [0, 0.1) is 10.1 Å². The Morgan fingerprint density at radius 2 is 2.00 bits per heavy atom. The van der Waals surface area contributed by atoms with Crippen LogP contribution in [-0.2, 0) is 6.54 Å². The van der Waals surface area contributed by atoms with Gasteiger partial charge in [-0.25, -0.2) is 0 Å². The van der Waals surface area contributed by atoms with E-state index in [9.17, 15) is 10.1 Å². The van der Waals surface area contributed by atoms with Gasteiger partial charge >= 0.3 is 0 Å². The van der Waals surface area contributed by atoms with E-state index in [4.69, 9.17) is 0 Å². The van der Waals surface area contributed by atoms with Crippen LogP contribution < -0.4 is 5.32 Å². The predicted octanol–water partition coefficient (Wildman–Crippen LogP) is 1.84. The van der Waals surface area contributed by atoms with Crippen molar-refractivity contribution in [1.82, 2.24) is 14.8 Å². The van der Waals surface area contributed by atoms with Gasteiger partial charge in [-0.15, -0.1) is 0 Å². The second kappa shape index (κ2) is 6.24. The Balaban J connectivity index is 1.65. The fourth-order valence-electron chi connectivity index (χ4n) is 2.88. The van der Waals surface area contributed by atoms with E-state index >= 15 is 0 Å². The summed E-state index contributed by atoms with van der Waals surface area (Å²) in [5, 5.41) is 15.3. The number of nitro benzene ring substituents is 1. The second-order valence-corrected chi connectivity index (χ2v) is 5.45. The van der Waals surface area contributed by atoms with Gasteiger partial charge in [-0.1, -0.05) is 0 Å². The Morgan fingerprint density at radius 1 is 1.19 bits per heavy atom. The smallest absolute Gasteiger partial charge is 0.271 e. The fraction of sp³-hybridized carbons (Fsp3) is 0.467. The van der Waals surface area contributed by atoms with Crippen molar-refractivity contribution in [2.75, 3.05) is 32.7 Å². The number of aryl methyl sites for hydroxylation is 1. The highest BCUT2D eigenvalue weighted by atomic mass is 16.6. The van der Waals surface area contributed by atoms with E-state index in [1.807, 2.05) is 18.3 Å². The maximum Gasteiger partial charge on any atom is 0.271 e. The predicted molar refractivity (Wildman–Crippen MR) is 82.5 cm³/mol. The fourth-order valence-corrected chi connectivity index (χ4v) is 2.88. The lowest BCUT2D eigenvalue weighted by Crippen LogP contribution is -2.43. The summed E-state index contributed by atoms with van der Waals surface area (Å²) >= 11 is 0. The van der Waals surface area contributed by atoms with Gasteiger partial charge in [0.1, 0.15) is 0 Å². The number of nitro groups is 1. The Labute approximate surface area is 123 Å². The van der Waals surface area contributed by atoms with Gasteiger partial charge in [-0.2, -0.15) is 0 Å². The zero-order valence-electron chi connectivity index (χ0n) is 12.0. The minimum Gasteiger partial charge on any atom is -0.347 e. The molecule has 2 heterocycles. The molecule has 2 aromatic rings. The van der Waals surface area contributed by atoms with Gasteiger partial charge in [0, 0.05) is 56.4 Å². The van der Waals surface area contributed by atoms with E-state index in [2.05, 4.69) is 14.8 Å². The van der Waals surface area contributed by atoms with E-state index < -0.39 is 0 Å². The lowest BCUT2D eigenvalue weighted by molar-refractivity contribution is -0.384. The molecule has 112 valence electrons. The van der Waals surface area contributed by atoms with Crippen LogP contribution in [-0.4, -0.2) is 47.1 Å². The molecule has 0 spiro atoms. The van der Waals surface area contributed by atoms with Crippen molar-refractivity contribution < 1.29 is 4.92 Å². The van der Waals surface area contributed by atoms with Crippen LogP contribution in [0.1, 0.15) is 6.42 Å². The number of non-ortho nitro benzene ring substituents is 1. The third kappa shape index (κ3) is 3.22. The number of fused-ring (bicyclic) bond motifs is 1. The number of nitrogens with one attached hydrogen (secondary N) is 1. The minimum absolute atomic E-state index is 0.157. The molecule has 6 heteroatoms. The molecule has 0 amide bonds. The number of hydrogen-bond donors (Lipinski definition) is 1. The Bertz CT molecular complexity index is 632. The SMILES string of the molecule is O=[N+]([O-])c1ccc2ccn(CCCN3CCNCC3)c2c1. The van der Waals surface area contributed by atoms with Crippen molar-refractivity contribution in [2.24, 2.45) is 0 Å². The molecule has 1 aliphatic rings. The van der Waals surface area contributed by atoms with E-state index in [-0.39, 0.29) is 10.6 Å². The van der Waals surface area contributed by atoms with Crippen LogP contribution in [0.4, 0.5) is 5.69 Å². The Morgan fingerprint density at radius 3 is 2.76 bits per heavy atom. The van der Waals surface area contributed by atoms with Crippen molar-refractivity contribution in [3.63, 3.8) is 0 Å². The van der Waals surface area contributed by atoms with Gasteiger partial charge in [0.2, 0.25) is 0 Å². The molecule has 1 aliphatic heterocycles. The molecule has 0 radical (unpaired) electrons. The van der Waals surface area contributed by atoms with Gasteiger partial charge < -0.3 is 14.8 Å². The highest BCUT2D eigenvalue weighted by molar-refractivity contribution is 5.82. The van der Waals surface area contributed by atoms with E-state index in [1.54, 1.807) is 12.1 Å². The number of benzene rings is 1. The van der Waals surface area contributed by atoms with Crippen molar-refractivity contribution in [3.05, 3.63) is 40.6 Å². The molecule has 6 nitrogen and oxygen atoms in total. The number of piperazine rings is 1. The van der Waals surface area contributed by atoms with Gasteiger partial charge in [0.05, 0.1) is 10.4 Å². The molecule has 3 rings (SSSR count). The number of rotatable bonds is 5. The average Bonchev–Trinajstić information content (AvgIpc) is 2.91. The van der Waals surface area contributed by atoms with Crippen molar-refractivity contribution >= 4 is 16.6 Å². The first-order valence-electron chi connectivity index (χ1n) is 7.40. The van der Waals surface area contributed by atoms with Crippen LogP contribution >= 0.6 is 0 Å². The number of hydrogen-bond acceptors (Lipinski definition) is 4. The third-order valence-electron chi connectivity index (χ3n) is 4.05. The van der Waals surface area contributed by atoms with Crippen LogP contribution in [0.3, 0.4) is 0 Å². The van der Waals surface area contributed by atoms with Crippen LogP contribution in [0.2, 0.25) is 0 Å². The van der Waals surface area contributed by atoms with E-state index in [0.717, 1.165) is 56.6 Å². The molecule has 0 unspecified atom stereocenters. The molecule has 21 heavy (non-hydrogen) atoms. The van der Waals surface area contributed by atoms with Crippen LogP contribution in [0.5, 0.6) is 0 Å². The number of nitrogens with zero attached hydrogens (tertiary/aromatic N) is 3. The monoisotopic (exact) mass is 288 g/mol. The van der Waals surface area contributed by atoms with Crippen LogP contribution in [0.25, 0.3) is 10.9 Å². The van der Waals surface area contributed by atoms with Gasteiger partial charge in [-0.3, -0.25) is 10.1 Å². The zero-order chi connectivity index (χ0) is 14.7. The molecule has 1 aromatic heterocycles. The summed E-state index contributed by atoms with van der Waals surface area (Å²) in [5.41, 5.74) is 1.11. The maximum absolute atomic E-state index is 10.9. The molecule has 0 bridgehead atoms. The van der Waals surface area contributed by atoms with Crippen molar-refractivity contribution in [1.29, 1.82) is 0 Å². The normalized spacial score (nSPS) is 16.4. The van der Waals surface area contributed by atoms with Gasteiger partial charge in [-0.05, 0) is 25.1 Å². The molecular weight excluding hydrogens is 268 g/mol. The van der Waals surface area contributed by atoms with E-state index in [0.29, 0.717) is 0 Å². The van der Waals surface area contributed by atoms with Crippen LogP contribution in [0.15, 0.2) is 30.5 Å². The summed E-state index contributed by atoms with van der Waals surface area (Å²) in [6.45, 7) is 6.33.